The smallest absolute Gasteiger partial charge is 0.157 e. The standard InChI is InChI=1S/C14H21N5O/c1-4-7-15-13-9-11(12-6-8-16-19(12)3)17-14(18-13)10-20-5-2/h6,8-9H,4-5,7,10H2,1-3H3,(H,15,17,18). The molecule has 0 saturated heterocycles. The molecule has 0 aliphatic rings. The van der Waals surface area contributed by atoms with Crippen molar-refractivity contribution in [2.24, 2.45) is 7.05 Å². The zero-order valence-corrected chi connectivity index (χ0v) is 12.3. The van der Waals surface area contributed by atoms with E-state index < -0.39 is 0 Å². The lowest BCUT2D eigenvalue weighted by molar-refractivity contribution is 0.128. The van der Waals surface area contributed by atoms with Gasteiger partial charge in [0.1, 0.15) is 12.4 Å². The average Bonchev–Trinajstić information content (AvgIpc) is 2.89. The zero-order chi connectivity index (χ0) is 14.4. The van der Waals surface area contributed by atoms with Crippen LogP contribution in [0.1, 0.15) is 26.1 Å². The van der Waals surface area contributed by atoms with Crippen molar-refractivity contribution in [3.8, 4) is 11.4 Å². The molecule has 20 heavy (non-hydrogen) atoms. The number of hydrogen-bond donors (Lipinski definition) is 1. The molecule has 0 aliphatic carbocycles. The van der Waals surface area contributed by atoms with Crippen molar-refractivity contribution in [2.75, 3.05) is 18.5 Å². The Labute approximate surface area is 119 Å². The van der Waals surface area contributed by atoms with Crippen LogP contribution in [-0.4, -0.2) is 32.9 Å². The van der Waals surface area contributed by atoms with Crippen LogP contribution in [0.5, 0.6) is 0 Å². The van der Waals surface area contributed by atoms with E-state index in [0.717, 1.165) is 30.2 Å². The van der Waals surface area contributed by atoms with Crippen LogP contribution in [0, 0.1) is 0 Å². The molecule has 0 fully saturated rings. The third kappa shape index (κ3) is 3.54. The van der Waals surface area contributed by atoms with E-state index in [4.69, 9.17) is 4.74 Å². The average molecular weight is 275 g/mol. The summed E-state index contributed by atoms with van der Waals surface area (Å²) in [5.74, 6) is 1.51. The fourth-order valence-electron chi connectivity index (χ4n) is 1.86. The highest BCUT2D eigenvalue weighted by Gasteiger charge is 2.09. The molecule has 0 amide bonds. The van der Waals surface area contributed by atoms with E-state index >= 15 is 0 Å². The predicted molar refractivity (Wildman–Crippen MR) is 78.3 cm³/mol. The Morgan fingerprint density at radius 3 is 2.80 bits per heavy atom. The van der Waals surface area contributed by atoms with Crippen LogP contribution in [-0.2, 0) is 18.4 Å². The van der Waals surface area contributed by atoms with E-state index in [9.17, 15) is 0 Å². The predicted octanol–water partition coefficient (Wildman–Crippen LogP) is 2.24. The van der Waals surface area contributed by atoms with E-state index in [2.05, 4.69) is 27.3 Å². The van der Waals surface area contributed by atoms with Gasteiger partial charge in [-0.3, -0.25) is 4.68 Å². The molecule has 6 nitrogen and oxygen atoms in total. The fraction of sp³-hybridized carbons (Fsp3) is 0.500. The Kier molecular flexibility index (Phi) is 5.06. The summed E-state index contributed by atoms with van der Waals surface area (Å²) in [5.41, 5.74) is 1.82. The molecule has 2 aromatic heterocycles. The van der Waals surface area contributed by atoms with Crippen LogP contribution in [0.3, 0.4) is 0 Å². The number of aryl methyl sites for hydroxylation is 1. The Morgan fingerprint density at radius 2 is 2.15 bits per heavy atom. The van der Waals surface area contributed by atoms with Crippen molar-refractivity contribution in [1.29, 1.82) is 0 Å². The minimum absolute atomic E-state index is 0.420. The number of rotatable bonds is 7. The summed E-state index contributed by atoms with van der Waals surface area (Å²) in [7, 11) is 1.90. The van der Waals surface area contributed by atoms with E-state index in [1.54, 1.807) is 10.9 Å². The van der Waals surface area contributed by atoms with Gasteiger partial charge in [-0.25, -0.2) is 9.97 Å². The number of nitrogens with one attached hydrogen (secondary N) is 1. The maximum absolute atomic E-state index is 5.41. The lowest BCUT2D eigenvalue weighted by atomic mass is 10.3. The first kappa shape index (κ1) is 14.5. The first-order chi connectivity index (χ1) is 9.74. The monoisotopic (exact) mass is 275 g/mol. The molecule has 0 radical (unpaired) electrons. The Balaban J connectivity index is 2.32. The van der Waals surface area contributed by atoms with Gasteiger partial charge in [-0.05, 0) is 19.4 Å². The van der Waals surface area contributed by atoms with Gasteiger partial charge in [0.15, 0.2) is 5.82 Å². The summed E-state index contributed by atoms with van der Waals surface area (Å²) in [4.78, 5) is 9.02. The SMILES string of the molecule is CCCNc1cc(-c2ccnn2C)nc(COCC)n1. The summed E-state index contributed by atoms with van der Waals surface area (Å²) in [6.07, 6.45) is 2.81. The molecule has 6 heteroatoms. The van der Waals surface area contributed by atoms with Gasteiger partial charge in [0, 0.05) is 32.5 Å². The second-order valence-electron chi connectivity index (χ2n) is 4.46. The normalized spacial score (nSPS) is 10.8. The van der Waals surface area contributed by atoms with Crippen molar-refractivity contribution < 1.29 is 4.74 Å². The zero-order valence-electron chi connectivity index (χ0n) is 12.3. The van der Waals surface area contributed by atoms with Gasteiger partial charge >= 0.3 is 0 Å². The maximum Gasteiger partial charge on any atom is 0.157 e. The number of ether oxygens (including phenoxy) is 1. The second-order valence-corrected chi connectivity index (χ2v) is 4.46. The largest absolute Gasteiger partial charge is 0.374 e. The molecule has 0 spiro atoms. The van der Waals surface area contributed by atoms with E-state index in [1.807, 2.05) is 26.1 Å². The molecular formula is C14H21N5O. The van der Waals surface area contributed by atoms with Gasteiger partial charge in [-0.15, -0.1) is 0 Å². The van der Waals surface area contributed by atoms with Gasteiger partial charge < -0.3 is 10.1 Å². The number of nitrogens with zero attached hydrogens (tertiary/aromatic N) is 4. The molecular weight excluding hydrogens is 254 g/mol. The first-order valence-corrected chi connectivity index (χ1v) is 6.92. The van der Waals surface area contributed by atoms with Crippen molar-refractivity contribution in [3.05, 3.63) is 24.2 Å². The minimum atomic E-state index is 0.420. The topological polar surface area (TPSA) is 64.9 Å². The molecule has 0 aliphatic heterocycles. The van der Waals surface area contributed by atoms with Gasteiger partial charge in [-0.1, -0.05) is 6.92 Å². The lowest BCUT2D eigenvalue weighted by Crippen LogP contribution is -2.08. The molecule has 0 saturated carbocycles. The molecule has 2 heterocycles. The van der Waals surface area contributed by atoms with Gasteiger partial charge in [0.2, 0.25) is 0 Å². The third-order valence-corrected chi connectivity index (χ3v) is 2.85. The van der Waals surface area contributed by atoms with Gasteiger partial charge in [-0.2, -0.15) is 5.10 Å². The Bertz CT molecular complexity index is 526. The lowest BCUT2D eigenvalue weighted by Gasteiger charge is -2.10. The van der Waals surface area contributed by atoms with Crippen LogP contribution >= 0.6 is 0 Å². The third-order valence-electron chi connectivity index (χ3n) is 2.85. The minimum Gasteiger partial charge on any atom is -0.374 e. The highest BCUT2D eigenvalue weighted by molar-refractivity contribution is 5.58. The van der Waals surface area contributed by atoms with Crippen molar-refractivity contribution >= 4 is 5.82 Å². The van der Waals surface area contributed by atoms with E-state index in [1.165, 1.54) is 0 Å². The summed E-state index contributed by atoms with van der Waals surface area (Å²) < 4.78 is 7.21. The van der Waals surface area contributed by atoms with Gasteiger partial charge in [0.25, 0.3) is 0 Å². The van der Waals surface area contributed by atoms with Crippen LogP contribution < -0.4 is 5.32 Å². The van der Waals surface area contributed by atoms with Crippen molar-refractivity contribution in [1.82, 2.24) is 19.7 Å². The van der Waals surface area contributed by atoms with Crippen LogP contribution in [0.25, 0.3) is 11.4 Å². The highest BCUT2D eigenvalue weighted by Crippen LogP contribution is 2.19. The number of hydrogen-bond acceptors (Lipinski definition) is 5. The quantitative estimate of drug-likeness (QED) is 0.839. The second kappa shape index (κ2) is 7.00. The summed E-state index contributed by atoms with van der Waals surface area (Å²) >= 11 is 0. The molecule has 0 atom stereocenters. The van der Waals surface area contributed by atoms with Crippen molar-refractivity contribution in [2.45, 2.75) is 26.9 Å². The first-order valence-electron chi connectivity index (χ1n) is 6.92. The highest BCUT2D eigenvalue weighted by atomic mass is 16.5. The Morgan fingerprint density at radius 1 is 1.30 bits per heavy atom. The van der Waals surface area contributed by atoms with Crippen LogP contribution in [0.15, 0.2) is 18.3 Å². The van der Waals surface area contributed by atoms with Crippen molar-refractivity contribution in [3.63, 3.8) is 0 Å². The maximum atomic E-state index is 5.41. The summed E-state index contributed by atoms with van der Waals surface area (Å²) in [5, 5.41) is 7.48. The summed E-state index contributed by atoms with van der Waals surface area (Å²) in [6.45, 7) is 6.04. The molecule has 0 bridgehead atoms. The summed E-state index contributed by atoms with van der Waals surface area (Å²) in [6, 6.07) is 3.89. The molecule has 1 N–H and O–H groups in total. The van der Waals surface area contributed by atoms with E-state index in [-0.39, 0.29) is 0 Å². The molecule has 0 aromatic carbocycles. The Hall–Kier alpha value is -1.95. The fourth-order valence-corrected chi connectivity index (χ4v) is 1.86. The van der Waals surface area contributed by atoms with Crippen LogP contribution in [0.4, 0.5) is 5.82 Å². The number of aromatic nitrogens is 4. The molecule has 0 unspecified atom stereocenters. The molecule has 2 rings (SSSR count). The van der Waals surface area contributed by atoms with Gasteiger partial charge in [0.05, 0.1) is 11.4 Å². The molecule has 2 aromatic rings. The molecule has 108 valence electrons. The van der Waals surface area contributed by atoms with E-state index in [0.29, 0.717) is 19.0 Å². The van der Waals surface area contributed by atoms with Crippen LogP contribution in [0.2, 0.25) is 0 Å². The number of anilines is 1.